The lowest BCUT2D eigenvalue weighted by atomic mass is 10.0. The summed E-state index contributed by atoms with van der Waals surface area (Å²) in [4.78, 5) is 29.2. The molecule has 2 aromatic rings. The quantitative estimate of drug-likeness (QED) is 0.850. The van der Waals surface area contributed by atoms with Crippen LogP contribution in [-0.2, 0) is 4.79 Å². The molecule has 0 fully saturated rings. The molecule has 2 unspecified atom stereocenters. The van der Waals surface area contributed by atoms with Gasteiger partial charge in [-0.15, -0.1) is 0 Å². The van der Waals surface area contributed by atoms with Crippen LogP contribution in [0.2, 0.25) is 0 Å². The number of nitrogens with one attached hydrogen (secondary N) is 2. The minimum atomic E-state index is -0.605. The summed E-state index contributed by atoms with van der Waals surface area (Å²) in [5, 5.41) is 5.80. The van der Waals surface area contributed by atoms with Crippen LogP contribution in [0.1, 0.15) is 48.3 Å². The van der Waals surface area contributed by atoms with Crippen molar-refractivity contribution >= 4 is 11.8 Å². The van der Waals surface area contributed by atoms with E-state index < -0.39 is 6.04 Å². The zero-order chi connectivity index (χ0) is 18.4. The molecule has 25 heavy (non-hydrogen) atoms. The summed E-state index contributed by atoms with van der Waals surface area (Å²) in [6.07, 6.45) is 3.41. The maximum absolute atomic E-state index is 12.7. The number of amides is 2. The first-order valence-electron chi connectivity index (χ1n) is 8.46. The summed E-state index contributed by atoms with van der Waals surface area (Å²) in [6.45, 7) is 7.65. The highest BCUT2D eigenvalue weighted by Crippen LogP contribution is 2.12. The molecular formula is C20H25N3O2. The Morgan fingerprint density at radius 3 is 2.40 bits per heavy atom. The molecule has 5 nitrogen and oxygen atoms in total. The van der Waals surface area contributed by atoms with Crippen LogP contribution in [0.15, 0.2) is 48.8 Å². The predicted octanol–water partition coefficient (Wildman–Crippen LogP) is 3.02. The molecule has 0 radical (unpaired) electrons. The van der Waals surface area contributed by atoms with Crippen molar-refractivity contribution in [2.75, 3.05) is 0 Å². The summed E-state index contributed by atoms with van der Waals surface area (Å²) < 4.78 is 0. The van der Waals surface area contributed by atoms with Gasteiger partial charge in [-0.2, -0.15) is 0 Å². The number of pyridine rings is 1. The molecule has 1 heterocycles. The van der Waals surface area contributed by atoms with Gasteiger partial charge in [0.25, 0.3) is 5.91 Å². The average Bonchev–Trinajstić information content (AvgIpc) is 2.59. The van der Waals surface area contributed by atoms with Crippen molar-refractivity contribution in [3.63, 3.8) is 0 Å². The number of carbonyl (C=O) groups is 2. The normalized spacial score (nSPS) is 13.2. The Bertz CT molecular complexity index is 729. The maximum Gasteiger partial charge on any atom is 0.251 e. The first-order chi connectivity index (χ1) is 11.9. The van der Waals surface area contributed by atoms with E-state index >= 15 is 0 Å². The first kappa shape index (κ1) is 18.6. The summed E-state index contributed by atoms with van der Waals surface area (Å²) in [6, 6.07) is 10.3. The van der Waals surface area contributed by atoms with Gasteiger partial charge in [-0.25, -0.2) is 0 Å². The highest BCUT2D eigenvalue weighted by molar-refractivity contribution is 5.97. The molecule has 2 atom stereocenters. The monoisotopic (exact) mass is 339 g/mol. The zero-order valence-electron chi connectivity index (χ0n) is 15.1. The van der Waals surface area contributed by atoms with Gasteiger partial charge in [0.2, 0.25) is 5.91 Å². The van der Waals surface area contributed by atoms with Crippen LogP contribution < -0.4 is 10.6 Å². The molecule has 0 spiro atoms. The van der Waals surface area contributed by atoms with E-state index in [2.05, 4.69) is 15.6 Å². The molecule has 2 amide bonds. The number of aromatic nitrogens is 1. The first-order valence-corrected chi connectivity index (χ1v) is 8.46. The van der Waals surface area contributed by atoms with E-state index in [0.717, 1.165) is 11.1 Å². The van der Waals surface area contributed by atoms with E-state index in [1.54, 1.807) is 18.5 Å². The maximum atomic E-state index is 12.7. The number of carbonyl (C=O) groups excluding carboxylic acids is 2. The molecule has 0 aliphatic heterocycles. The minimum Gasteiger partial charge on any atom is -0.348 e. The van der Waals surface area contributed by atoms with Gasteiger partial charge in [0.1, 0.15) is 6.04 Å². The highest BCUT2D eigenvalue weighted by atomic mass is 16.2. The van der Waals surface area contributed by atoms with E-state index in [0.29, 0.717) is 5.56 Å². The summed E-state index contributed by atoms with van der Waals surface area (Å²) >= 11 is 0. The van der Waals surface area contributed by atoms with Gasteiger partial charge in [0.15, 0.2) is 0 Å². The number of hydrogen-bond acceptors (Lipinski definition) is 3. The SMILES string of the molecule is Cc1cccc(C(=O)NC(C(=O)NC(C)c2cccnc2)C(C)C)c1. The van der Waals surface area contributed by atoms with E-state index in [9.17, 15) is 9.59 Å². The molecular weight excluding hydrogens is 314 g/mol. The standard InChI is InChI=1S/C20H25N3O2/c1-13(2)18(23-19(24)16-8-5-7-14(3)11-16)20(25)22-15(4)17-9-6-10-21-12-17/h5-13,15,18H,1-4H3,(H,22,25)(H,23,24). The van der Waals surface area contributed by atoms with E-state index in [-0.39, 0.29) is 23.8 Å². The topological polar surface area (TPSA) is 71.1 Å². The van der Waals surface area contributed by atoms with E-state index in [1.165, 1.54) is 0 Å². The van der Waals surface area contributed by atoms with Crippen LogP contribution in [0.3, 0.4) is 0 Å². The summed E-state index contributed by atoms with van der Waals surface area (Å²) in [7, 11) is 0. The van der Waals surface area contributed by atoms with Gasteiger partial charge >= 0.3 is 0 Å². The van der Waals surface area contributed by atoms with E-state index in [1.807, 2.05) is 58.0 Å². The Labute approximate surface area is 148 Å². The van der Waals surface area contributed by atoms with Gasteiger partial charge in [-0.3, -0.25) is 14.6 Å². The molecule has 2 N–H and O–H groups in total. The van der Waals surface area contributed by atoms with Gasteiger partial charge in [-0.1, -0.05) is 37.6 Å². The molecule has 1 aromatic carbocycles. The summed E-state index contributed by atoms with van der Waals surface area (Å²) in [5.74, 6) is -0.478. The number of benzene rings is 1. The second kappa shape index (κ2) is 8.42. The van der Waals surface area contributed by atoms with Crippen molar-refractivity contribution in [3.05, 3.63) is 65.5 Å². The van der Waals surface area contributed by atoms with Crippen LogP contribution in [0.25, 0.3) is 0 Å². The molecule has 0 bridgehead atoms. The highest BCUT2D eigenvalue weighted by Gasteiger charge is 2.26. The van der Waals surface area contributed by atoms with Gasteiger partial charge in [-0.05, 0) is 43.5 Å². The molecule has 132 valence electrons. The number of hydrogen-bond donors (Lipinski definition) is 2. The minimum absolute atomic E-state index is 0.0325. The zero-order valence-corrected chi connectivity index (χ0v) is 15.1. The lowest BCUT2D eigenvalue weighted by molar-refractivity contribution is -0.124. The van der Waals surface area contributed by atoms with Crippen molar-refractivity contribution in [2.45, 2.75) is 39.8 Å². The Balaban J connectivity index is 2.06. The lowest BCUT2D eigenvalue weighted by Crippen LogP contribution is -2.50. The Morgan fingerprint density at radius 2 is 1.80 bits per heavy atom. The third-order valence-corrected chi connectivity index (χ3v) is 4.06. The van der Waals surface area contributed by atoms with Crippen molar-refractivity contribution in [1.29, 1.82) is 0 Å². The third-order valence-electron chi connectivity index (χ3n) is 4.06. The van der Waals surface area contributed by atoms with Gasteiger partial charge in [0, 0.05) is 18.0 Å². The predicted molar refractivity (Wildman–Crippen MR) is 98.1 cm³/mol. The van der Waals surface area contributed by atoms with Crippen LogP contribution in [-0.4, -0.2) is 22.8 Å². The molecule has 0 saturated carbocycles. The molecule has 1 aromatic heterocycles. The largest absolute Gasteiger partial charge is 0.348 e. The second-order valence-electron chi connectivity index (χ2n) is 6.58. The fraction of sp³-hybridized carbons (Fsp3) is 0.350. The summed E-state index contributed by atoms with van der Waals surface area (Å²) in [5.41, 5.74) is 2.48. The van der Waals surface area contributed by atoms with E-state index in [4.69, 9.17) is 0 Å². The van der Waals surface area contributed by atoms with Crippen molar-refractivity contribution in [1.82, 2.24) is 15.6 Å². The molecule has 2 rings (SSSR count). The fourth-order valence-corrected chi connectivity index (χ4v) is 2.56. The van der Waals surface area contributed by atoms with Gasteiger partial charge in [0.05, 0.1) is 6.04 Å². The van der Waals surface area contributed by atoms with Crippen LogP contribution in [0, 0.1) is 12.8 Å². The van der Waals surface area contributed by atoms with Crippen molar-refractivity contribution < 1.29 is 9.59 Å². The van der Waals surface area contributed by atoms with Crippen LogP contribution >= 0.6 is 0 Å². The van der Waals surface area contributed by atoms with Crippen molar-refractivity contribution in [3.8, 4) is 0 Å². The number of nitrogens with zero attached hydrogens (tertiary/aromatic N) is 1. The van der Waals surface area contributed by atoms with Crippen LogP contribution in [0.5, 0.6) is 0 Å². The Hall–Kier alpha value is -2.69. The third kappa shape index (κ3) is 5.14. The average molecular weight is 339 g/mol. The van der Waals surface area contributed by atoms with Crippen molar-refractivity contribution in [2.24, 2.45) is 5.92 Å². The van der Waals surface area contributed by atoms with Gasteiger partial charge < -0.3 is 10.6 Å². The lowest BCUT2D eigenvalue weighted by Gasteiger charge is -2.24. The number of rotatable bonds is 6. The molecule has 0 aliphatic rings. The Kier molecular flexibility index (Phi) is 6.28. The van der Waals surface area contributed by atoms with Crippen LogP contribution in [0.4, 0.5) is 0 Å². The molecule has 5 heteroatoms. The molecule has 0 saturated heterocycles. The Morgan fingerprint density at radius 1 is 1.04 bits per heavy atom. The molecule has 0 aliphatic carbocycles. The smallest absolute Gasteiger partial charge is 0.251 e. The second-order valence-corrected chi connectivity index (χ2v) is 6.58. The number of aryl methyl sites for hydroxylation is 1. The fourth-order valence-electron chi connectivity index (χ4n) is 2.56.